The van der Waals surface area contributed by atoms with Crippen molar-refractivity contribution in [1.29, 1.82) is 0 Å². The van der Waals surface area contributed by atoms with E-state index in [1.807, 2.05) is 0 Å². The molecule has 2 heteroatoms. The van der Waals surface area contributed by atoms with Crippen LogP contribution >= 0.6 is 0 Å². The predicted molar refractivity (Wildman–Crippen MR) is 50.9 cm³/mol. The Morgan fingerprint density at radius 1 is 1.38 bits per heavy atom. The van der Waals surface area contributed by atoms with Gasteiger partial charge in [0.1, 0.15) is 5.54 Å². The van der Waals surface area contributed by atoms with E-state index in [9.17, 15) is 4.79 Å². The minimum Gasteiger partial charge on any atom is -0.340 e. The molecule has 2 aliphatic carbocycles. The molecule has 2 aliphatic rings. The van der Waals surface area contributed by atoms with Crippen molar-refractivity contribution in [2.75, 3.05) is 0 Å². The Hall–Kier alpha value is -0.970. The molecule has 70 valence electrons. The fourth-order valence-electron chi connectivity index (χ4n) is 1.96. The zero-order valence-electron chi connectivity index (χ0n) is 7.81. The molecule has 0 aromatic rings. The summed E-state index contributed by atoms with van der Waals surface area (Å²) in [5.41, 5.74) is -0.250. The highest BCUT2D eigenvalue weighted by Crippen LogP contribution is 2.35. The highest BCUT2D eigenvalue weighted by Gasteiger charge is 2.43. The van der Waals surface area contributed by atoms with E-state index in [0.717, 1.165) is 25.7 Å². The minimum atomic E-state index is -0.250. The number of hydrogen-bond donors (Lipinski definition) is 1. The third-order valence-corrected chi connectivity index (χ3v) is 3.11. The number of nitrogens with one attached hydrogen (secondary N) is 1. The van der Waals surface area contributed by atoms with Crippen molar-refractivity contribution >= 4 is 5.91 Å². The van der Waals surface area contributed by atoms with Crippen LogP contribution in [0.2, 0.25) is 0 Å². The number of carbonyl (C=O) groups is 1. The Kier molecular flexibility index (Phi) is 2.03. The highest BCUT2D eigenvalue weighted by atomic mass is 16.2. The van der Waals surface area contributed by atoms with Gasteiger partial charge in [0.25, 0.3) is 0 Å². The second-order valence-corrected chi connectivity index (χ2v) is 4.20. The summed E-state index contributed by atoms with van der Waals surface area (Å²) in [6.45, 7) is 0. The lowest BCUT2D eigenvalue weighted by Gasteiger charge is -2.14. The fourth-order valence-corrected chi connectivity index (χ4v) is 1.96. The van der Waals surface area contributed by atoms with Gasteiger partial charge in [-0.3, -0.25) is 4.79 Å². The van der Waals surface area contributed by atoms with E-state index in [0.29, 0.717) is 0 Å². The van der Waals surface area contributed by atoms with Crippen LogP contribution in [0.15, 0.2) is 0 Å². The van der Waals surface area contributed by atoms with Gasteiger partial charge >= 0.3 is 0 Å². The van der Waals surface area contributed by atoms with E-state index in [-0.39, 0.29) is 17.4 Å². The quantitative estimate of drug-likeness (QED) is 0.636. The van der Waals surface area contributed by atoms with Gasteiger partial charge in [-0.1, -0.05) is 18.8 Å². The summed E-state index contributed by atoms with van der Waals surface area (Å²) >= 11 is 0. The predicted octanol–water partition coefficient (Wildman–Crippen LogP) is 1.46. The van der Waals surface area contributed by atoms with Crippen LogP contribution in [0.25, 0.3) is 0 Å². The van der Waals surface area contributed by atoms with Crippen LogP contribution in [0.1, 0.15) is 38.5 Å². The molecule has 0 aromatic heterocycles. The molecule has 2 saturated carbocycles. The Balaban J connectivity index is 1.88. The molecule has 0 unspecified atom stereocenters. The number of carbonyl (C=O) groups excluding carboxylic acids is 1. The molecule has 1 N–H and O–H groups in total. The molecule has 0 aliphatic heterocycles. The van der Waals surface area contributed by atoms with Crippen molar-refractivity contribution in [3.8, 4) is 12.3 Å². The van der Waals surface area contributed by atoms with Gasteiger partial charge in [0.05, 0.1) is 0 Å². The number of hydrogen-bond acceptors (Lipinski definition) is 1. The summed E-state index contributed by atoms with van der Waals surface area (Å²) in [4.78, 5) is 11.7. The Bertz CT molecular complexity index is 254. The van der Waals surface area contributed by atoms with Gasteiger partial charge in [0.2, 0.25) is 5.91 Å². The summed E-state index contributed by atoms with van der Waals surface area (Å²) in [7, 11) is 0. The molecule has 0 saturated heterocycles. The molecule has 2 rings (SSSR count). The maximum Gasteiger partial charge on any atom is 0.224 e. The lowest BCUT2D eigenvalue weighted by molar-refractivity contribution is -0.125. The lowest BCUT2D eigenvalue weighted by atomic mass is 10.1. The minimum absolute atomic E-state index is 0.188. The molecular formula is C11H15NO. The van der Waals surface area contributed by atoms with Crippen LogP contribution < -0.4 is 5.32 Å². The van der Waals surface area contributed by atoms with Gasteiger partial charge in [-0.2, -0.15) is 0 Å². The zero-order valence-corrected chi connectivity index (χ0v) is 7.81. The molecule has 0 bridgehead atoms. The van der Waals surface area contributed by atoms with E-state index in [4.69, 9.17) is 6.42 Å². The fraction of sp³-hybridized carbons (Fsp3) is 0.727. The smallest absolute Gasteiger partial charge is 0.224 e. The summed E-state index contributed by atoms with van der Waals surface area (Å²) < 4.78 is 0. The summed E-state index contributed by atoms with van der Waals surface area (Å²) in [5, 5.41) is 2.98. The molecule has 0 heterocycles. The van der Waals surface area contributed by atoms with E-state index in [1.165, 1.54) is 12.8 Å². The molecule has 1 amide bonds. The third kappa shape index (κ3) is 1.70. The molecule has 0 radical (unpaired) electrons. The molecule has 0 atom stereocenters. The topological polar surface area (TPSA) is 29.1 Å². The van der Waals surface area contributed by atoms with Crippen LogP contribution in [-0.4, -0.2) is 11.4 Å². The second-order valence-electron chi connectivity index (χ2n) is 4.20. The van der Waals surface area contributed by atoms with Crippen LogP contribution in [0.4, 0.5) is 0 Å². The summed E-state index contributed by atoms with van der Waals surface area (Å²) in [6.07, 6.45) is 11.8. The average Bonchev–Trinajstić information content (AvgIpc) is 2.69. The maximum absolute atomic E-state index is 11.7. The molecule has 0 spiro atoms. The van der Waals surface area contributed by atoms with Gasteiger partial charge < -0.3 is 5.32 Å². The number of amides is 1. The van der Waals surface area contributed by atoms with Crippen molar-refractivity contribution in [1.82, 2.24) is 5.32 Å². The monoisotopic (exact) mass is 177 g/mol. The SMILES string of the molecule is C#CC1(NC(=O)C2CCCC2)CC1. The summed E-state index contributed by atoms with van der Waals surface area (Å²) in [5.74, 6) is 3.10. The third-order valence-electron chi connectivity index (χ3n) is 3.11. The van der Waals surface area contributed by atoms with Crippen LogP contribution in [0.3, 0.4) is 0 Å². The number of terminal acetylenes is 1. The first-order valence-electron chi connectivity index (χ1n) is 5.06. The first kappa shape index (κ1) is 8.62. The Labute approximate surface area is 79.1 Å². The molecular weight excluding hydrogens is 162 g/mol. The largest absolute Gasteiger partial charge is 0.340 e. The van der Waals surface area contributed by atoms with Crippen molar-refractivity contribution in [2.24, 2.45) is 5.92 Å². The van der Waals surface area contributed by atoms with Crippen LogP contribution in [-0.2, 0) is 4.79 Å². The molecule has 13 heavy (non-hydrogen) atoms. The second kappa shape index (κ2) is 3.06. The Morgan fingerprint density at radius 3 is 2.46 bits per heavy atom. The first-order valence-corrected chi connectivity index (χ1v) is 5.06. The standard InChI is InChI=1S/C11H15NO/c1-2-11(7-8-11)12-10(13)9-5-3-4-6-9/h1,9H,3-8H2,(H,12,13). The van der Waals surface area contributed by atoms with Crippen molar-refractivity contribution in [2.45, 2.75) is 44.1 Å². The van der Waals surface area contributed by atoms with Gasteiger partial charge in [0.15, 0.2) is 0 Å². The molecule has 2 fully saturated rings. The zero-order chi connectivity index (χ0) is 9.31. The van der Waals surface area contributed by atoms with E-state index >= 15 is 0 Å². The average molecular weight is 177 g/mol. The van der Waals surface area contributed by atoms with Crippen molar-refractivity contribution in [3.63, 3.8) is 0 Å². The summed E-state index contributed by atoms with van der Waals surface area (Å²) in [6, 6.07) is 0. The van der Waals surface area contributed by atoms with Gasteiger partial charge in [-0.25, -0.2) is 0 Å². The molecule has 0 aromatic carbocycles. The van der Waals surface area contributed by atoms with E-state index in [2.05, 4.69) is 11.2 Å². The van der Waals surface area contributed by atoms with Crippen LogP contribution in [0.5, 0.6) is 0 Å². The first-order chi connectivity index (χ1) is 6.26. The Morgan fingerprint density at radius 2 is 2.00 bits per heavy atom. The maximum atomic E-state index is 11.7. The van der Waals surface area contributed by atoms with E-state index < -0.39 is 0 Å². The van der Waals surface area contributed by atoms with Crippen molar-refractivity contribution in [3.05, 3.63) is 0 Å². The number of rotatable bonds is 2. The van der Waals surface area contributed by atoms with Crippen LogP contribution in [0, 0.1) is 18.3 Å². The highest BCUT2D eigenvalue weighted by molar-refractivity contribution is 5.80. The lowest BCUT2D eigenvalue weighted by Crippen LogP contribution is -2.39. The molecule has 2 nitrogen and oxygen atoms in total. The van der Waals surface area contributed by atoms with Gasteiger partial charge in [-0.15, -0.1) is 6.42 Å². The normalized spacial score (nSPS) is 25.2. The van der Waals surface area contributed by atoms with Gasteiger partial charge in [0, 0.05) is 5.92 Å². The van der Waals surface area contributed by atoms with E-state index in [1.54, 1.807) is 0 Å². The van der Waals surface area contributed by atoms with Gasteiger partial charge in [-0.05, 0) is 25.7 Å². The van der Waals surface area contributed by atoms with Crippen molar-refractivity contribution < 1.29 is 4.79 Å².